The van der Waals surface area contributed by atoms with Crippen LogP contribution in [0.25, 0.3) is 0 Å². The SMILES string of the molecule is COCCn1cnnc1Cc1ccc(Cl)cc1. The van der Waals surface area contributed by atoms with Crippen molar-refractivity contribution in [2.75, 3.05) is 13.7 Å². The fraction of sp³-hybridized carbons (Fsp3) is 0.333. The van der Waals surface area contributed by atoms with Crippen LogP contribution in [-0.4, -0.2) is 28.5 Å². The van der Waals surface area contributed by atoms with E-state index in [-0.39, 0.29) is 0 Å². The normalized spacial score (nSPS) is 10.7. The lowest BCUT2D eigenvalue weighted by atomic mass is 10.1. The maximum absolute atomic E-state index is 5.84. The summed E-state index contributed by atoms with van der Waals surface area (Å²) in [5.74, 6) is 0.935. The summed E-state index contributed by atoms with van der Waals surface area (Å²) in [7, 11) is 1.68. The smallest absolute Gasteiger partial charge is 0.137 e. The topological polar surface area (TPSA) is 39.9 Å². The second kappa shape index (κ2) is 5.80. The van der Waals surface area contributed by atoms with Crippen LogP contribution in [-0.2, 0) is 17.7 Å². The molecule has 17 heavy (non-hydrogen) atoms. The summed E-state index contributed by atoms with van der Waals surface area (Å²) < 4.78 is 7.04. The van der Waals surface area contributed by atoms with Crippen LogP contribution in [0, 0.1) is 0 Å². The summed E-state index contributed by atoms with van der Waals surface area (Å²) in [6.45, 7) is 1.43. The number of hydrogen-bond donors (Lipinski definition) is 0. The number of benzene rings is 1. The van der Waals surface area contributed by atoms with Crippen LogP contribution in [0.1, 0.15) is 11.4 Å². The van der Waals surface area contributed by atoms with E-state index < -0.39 is 0 Å². The Morgan fingerprint density at radius 1 is 1.29 bits per heavy atom. The predicted octanol–water partition coefficient (Wildman–Crippen LogP) is 2.17. The van der Waals surface area contributed by atoms with Crippen LogP contribution in [0.4, 0.5) is 0 Å². The number of aromatic nitrogens is 3. The minimum absolute atomic E-state index is 0.658. The first-order chi connectivity index (χ1) is 8.29. The number of hydrogen-bond acceptors (Lipinski definition) is 3. The highest BCUT2D eigenvalue weighted by Gasteiger charge is 2.05. The molecule has 0 bridgehead atoms. The van der Waals surface area contributed by atoms with Crippen LogP contribution in [0.15, 0.2) is 30.6 Å². The molecule has 0 aliphatic heterocycles. The Bertz CT molecular complexity index is 467. The highest BCUT2D eigenvalue weighted by Crippen LogP contribution is 2.12. The Balaban J connectivity index is 2.07. The zero-order chi connectivity index (χ0) is 12.1. The molecule has 90 valence electrons. The average Bonchev–Trinajstić information content (AvgIpc) is 2.77. The molecule has 0 atom stereocenters. The second-order valence-electron chi connectivity index (χ2n) is 3.74. The molecule has 0 saturated carbocycles. The standard InChI is InChI=1S/C12H14ClN3O/c1-17-7-6-16-9-14-15-12(16)8-10-2-4-11(13)5-3-10/h2-5,9H,6-8H2,1H3. The Labute approximate surface area is 105 Å². The van der Waals surface area contributed by atoms with Gasteiger partial charge in [-0.3, -0.25) is 0 Å². The Morgan fingerprint density at radius 3 is 2.76 bits per heavy atom. The Kier molecular flexibility index (Phi) is 4.12. The Hall–Kier alpha value is -1.39. The lowest BCUT2D eigenvalue weighted by Crippen LogP contribution is -2.08. The minimum Gasteiger partial charge on any atom is -0.383 e. The average molecular weight is 252 g/mol. The van der Waals surface area contributed by atoms with Gasteiger partial charge in [-0.2, -0.15) is 0 Å². The van der Waals surface area contributed by atoms with Gasteiger partial charge in [-0.25, -0.2) is 0 Å². The van der Waals surface area contributed by atoms with Gasteiger partial charge in [-0.1, -0.05) is 23.7 Å². The second-order valence-corrected chi connectivity index (χ2v) is 4.17. The summed E-state index contributed by atoms with van der Waals surface area (Å²) in [5.41, 5.74) is 1.17. The molecule has 0 spiro atoms. The molecule has 2 rings (SSSR count). The maximum atomic E-state index is 5.84. The Morgan fingerprint density at radius 2 is 2.06 bits per heavy atom. The van der Waals surface area contributed by atoms with Crippen molar-refractivity contribution < 1.29 is 4.74 Å². The molecule has 0 fully saturated rings. The number of methoxy groups -OCH3 is 1. The number of ether oxygens (including phenoxy) is 1. The molecular weight excluding hydrogens is 238 g/mol. The van der Waals surface area contributed by atoms with Crippen LogP contribution in [0.5, 0.6) is 0 Å². The fourth-order valence-corrected chi connectivity index (χ4v) is 1.70. The van der Waals surface area contributed by atoms with Gasteiger partial charge in [0.1, 0.15) is 12.2 Å². The zero-order valence-electron chi connectivity index (χ0n) is 9.64. The van der Waals surface area contributed by atoms with Gasteiger partial charge in [-0.15, -0.1) is 10.2 Å². The van der Waals surface area contributed by atoms with Crippen molar-refractivity contribution in [3.05, 3.63) is 47.0 Å². The third-order valence-corrected chi connectivity index (χ3v) is 2.76. The van der Waals surface area contributed by atoms with E-state index in [4.69, 9.17) is 16.3 Å². The lowest BCUT2D eigenvalue weighted by molar-refractivity contribution is 0.186. The van der Waals surface area contributed by atoms with E-state index in [0.717, 1.165) is 23.8 Å². The zero-order valence-corrected chi connectivity index (χ0v) is 10.4. The van der Waals surface area contributed by atoms with Gasteiger partial charge >= 0.3 is 0 Å². The van der Waals surface area contributed by atoms with Gasteiger partial charge in [0, 0.05) is 25.1 Å². The number of nitrogens with zero attached hydrogens (tertiary/aromatic N) is 3. The van der Waals surface area contributed by atoms with Crippen LogP contribution >= 0.6 is 11.6 Å². The molecule has 5 heteroatoms. The summed E-state index contributed by atoms with van der Waals surface area (Å²) in [4.78, 5) is 0. The van der Waals surface area contributed by atoms with Gasteiger partial charge < -0.3 is 9.30 Å². The first kappa shape index (κ1) is 12.1. The van der Waals surface area contributed by atoms with E-state index in [9.17, 15) is 0 Å². The molecule has 0 N–H and O–H groups in total. The largest absolute Gasteiger partial charge is 0.383 e. The number of rotatable bonds is 5. The third kappa shape index (κ3) is 3.28. The molecule has 2 aromatic rings. The van der Waals surface area contributed by atoms with Crippen LogP contribution < -0.4 is 0 Å². The van der Waals surface area contributed by atoms with Gasteiger partial charge in [0.25, 0.3) is 0 Å². The molecule has 0 amide bonds. The number of halogens is 1. The van der Waals surface area contributed by atoms with Crippen LogP contribution in [0.3, 0.4) is 0 Å². The molecule has 0 unspecified atom stereocenters. The van der Waals surface area contributed by atoms with Gasteiger partial charge in [0.2, 0.25) is 0 Å². The molecule has 0 saturated heterocycles. The minimum atomic E-state index is 0.658. The first-order valence-electron chi connectivity index (χ1n) is 5.39. The maximum Gasteiger partial charge on any atom is 0.137 e. The van der Waals surface area contributed by atoms with E-state index >= 15 is 0 Å². The van der Waals surface area contributed by atoms with Gasteiger partial charge in [0.05, 0.1) is 6.61 Å². The monoisotopic (exact) mass is 251 g/mol. The summed E-state index contributed by atoms with van der Waals surface area (Å²) >= 11 is 5.84. The highest BCUT2D eigenvalue weighted by molar-refractivity contribution is 6.30. The quantitative estimate of drug-likeness (QED) is 0.818. The summed E-state index contributed by atoms with van der Waals surface area (Å²) in [5, 5.41) is 8.78. The molecule has 0 aliphatic rings. The van der Waals surface area contributed by atoms with Crippen molar-refractivity contribution in [2.24, 2.45) is 0 Å². The van der Waals surface area contributed by atoms with Crippen molar-refractivity contribution in [1.29, 1.82) is 0 Å². The van der Waals surface area contributed by atoms with Crippen molar-refractivity contribution in [3.63, 3.8) is 0 Å². The van der Waals surface area contributed by atoms with Crippen molar-refractivity contribution in [3.8, 4) is 0 Å². The van der Waals surface area contributed by atoms with E-state index in [1.54, 1.807) is 13.4 Å². The molecule has 0 aliphatic carbocycles. The third-order valence-electron chi connectivity index (χ3n) is 2.51. The van der Waals surface area contributed by atoms with Crippen molar-refractivity contribution >= 4 is 11.6 Å². The van der Waals surface area contributed by atoms with Crippen LogP contribution in [0.2, 0.25) is 5.02 Å². The summed E-state index contributed by atoms with van der Waals surface area (Å²) in [6.07, 6.45) is 2.48. The summed E-state index contributed by atoms with van der Waals surface area (Å²) in [6, 6.07) is 7.76. The van der Waals surface area contributed by atoms with Gasteiger partial charge in [0.15, 0.2) is 0 Å². The molecule has 1 heterocycles. The lowest BCUT2D eigenvalue weighted by Gasteiger charge is -2.05. The molecule has 4 nitrogen and oxygen atoms in total. The van der Waals surface area contributed by atoms with E-state index in [2.05, 4.69) is 10.2 Å². The molecular formula is C12H14ClN3O. The molecule has 0 radical (unpaired) electrons. The van der Waals surface area contributed by atoms with E-state index in [1.165, 1.54) is 5.56 Å². The van der Waals surface area contributed by atoms with E-state index in [1.807, 2.05) is 28.8 Å². The fourth-order valence-electron chi connectivity index (χ4n) is 1.58. The van der Waals surface area contributed by atoms with E-state index in [0.29, 0.717) is 6.61 Å². The first-order valence-corrected chi connectivity index (χ1v) is 5.77. The van der Waals surface area contributed by atoms with Crippen molar-refractivity contribution in [2.45, 2.75) is 13.0 Å². The highest BCUT2D eigenvalue weighted by atomic mass is 35.5. The molecule has 1 aromatic heterocycles. The van der Waals surface area contributed by atoms with Gasteiger partial charge in [-0.05, 0) is 17.7 Å². The predicted molar refractivity (Wildman–Crippen MR) is 66.2 cm³/mol. The van der Waals surface area contributed by atoms with Crippen molar-refractivity contribution in [1.82, 2.24) is 14.8 Å². The molecule has 1 aromatic carbocycles.